The number of pyridine rings is 1. The van der Waals surface area contributed by atoms with Crippen LogP contribution in [0.4, 0.5) is 11.4 Å². The number of nitrogens with two attached hydrogens (primary N) is 1. The maximum atomic E-state index is 13.1. The van der Waals surface area contributed by atoms with Crippen LogP contribution >= 0.6 is 0 Å². The van der Waals surface area contributed by atoms with E-state index in [9.17, 15) is 4.79 Å². The highest BCUT2D eigenvalue weighted by molar-refractivity contribution is 6.09. The molecule has 0 saturated carbocycles. The van der Waals surface area contributed by atoms with Crippen LogP contribution in [0.5, 0.6) is 5.75 Å². The van der Waals surface area contributed by atoms with Crippen LogP contribution in [0.2, 0.25) is 0 Å². The number of amides is 1. The molecule has 2 heterocycles. The molecular formula is C21H17N3O2. The smallest absolute Gasteiger partial charge is 0.294 e. The molecule has 2 aromatic carbocycles. The molecule has 3 aromatic rings. The molecule has 0 fully saturated rings. The van der Waals surface area contributed by atoms with E-state index in [1.165, 1.54) is 0 Å². The number of hydrogen-bond donors (Lipinski definition) is 1. The zero-order valence-electron chi connectivity index (χ0n) is 14.0. The van der Waals surface area contributed by atoms with Crippen molar-refractivity contribution >= 4 is 23.4 Å². The summed E-state index contributed by atoms with van der Waals surface area (Å²) in [7, 11) is 0. The fraction of sp³-hybridized carbons (Fsp3) is 0.0476. The van der Waals surface area contributed by atoms with Gasteiger partial charge in [0.25, 0.3) is 5.91 Å². The summed E-state index contributed by atoms with van der Waals surface area (Å²) in [5, 5.41) is 0. The molecule has 5 heteroatoms. The highest BCUT2D eigenvalue weighted by Crippen LogP contribution is 2.38. The van der Waals surface area contributed by atoms with Crippen LogP contribution in [0.15, 0.2) is 78.7 Å². The van der Waals surface area contributed by atoms with Crippen molar-refractivity contribution in [2.75, 3.05) is 10.6 Å². The second-order valence-electron chi connectivity index (χ2n) is 5.97. The van der Waals surface area contributed by atoms with Gasteiger partial charge in [-0.1, -0.05) is 36.4 Å². The molecule has 0 aliphatic carbocycles. The third kappa shape index (κ3) is 3.15. The second-order valence-corrected chi connectivity index (χ2v) is 5.97. The van der Waals surface area contributed by atoms with Gasteiger partial charge in [0.2, 0.25) is 0 Å². The normalized spacial score (nSPS) is 14.8. The monoisotopic (exact) mass is 343 g/mol. The first-order valence-electron chi connectivity index (χ1n) is 8.26. The molecular weight excluding hydrogens is 326 g/mol. The van der Waals surface area contributed by atoms with Crippen LogP contribution in [0.1, 0.15) is 11.3 Å². The SMILES string of the molecule is Nc1ccc2c(c1)N(Cc1ccccc1)C(=O)/C(=C\c1ccccn1)O2. The molecule has 0 unspecified atom stereocenters. The van der Waals surface area contributed by atoms with Gasteiger partial charge in [-0.3, -0.25) is 14.7 Å². The molecule has 26 heavy (non-hydrogen) atoms. The van der Waals surface area contributed by atoms with Crippen molar-refractivity contribution in [2.45, 2.75) is 6.54 Å². The second kappa shape index (κ2) is 6.72. The fourth-order valence-electron chi connectivity index (χ4n) is 2.85. The largest absolute Gasteiger partial charge is 0.449 e. The summed E-state index contributed by atoms with van der Waals surface area (Å²) in [6, 6.07) is 20.6. The van der Waals surface area contributed by atoms with Crippen molar-refractivity contribution in [1.29, 1.82) is 0 Å². The quantitative estimate of drug-likeness (QED) is 0.582. The van der Waals surface area contributed by atoms with E-state index in [1.54, 1.807) is 35.4 Å². The highest BCUT2D eigenvalue weighted by Gasteiger charge is 2.30. The Balaban J connectivity index is 1.76. The van der Waals surface area contributed by atoms with E-state index in [-0.39, 0.29) is 11.7 Å². The van der Waals surface area contributed by atoms with Gasteiger partial charge in [0.15, 0.2) is 11.5 Å². The summed E-state index contributed by atoms with van der Waals surface area (Å²) in [4.78, 5) is 19.0. The number of fused-ring (bicyclic) bond motifs is 1. The minimum absolute atomic E-state index is 0.224. The molecule has 0 radical (unpaired) electrons. The molecule has 1 amide bonds. The molecule has 0 atom stereocenters. The van der Waals surface area contributed by atoms with Crippen LogP contribution < -0.4 is 15.4 Å². The molecule has 0 bridgehead atoms. The third-order valence-corrected chi connectivity index (χ3v) is 4.10. The molecule has 1 aliphatic heterocycles. The number of nitrogen functional groups attached to an aromatic ring is 1. The average Bonchev–Trinajstić information content (AvgIpc) is 2.67. The summed E-state index contributed by atoms with van der Waals surface area (Å²) < 4.78 is 5.85. The Hall–Kier alpha value is -3.60. The number of nitrogens with zero attached hydrogens (tertiary/aromatic N) is 2. The molecule has 1 aliphatic rings. The third-order valence-electron chi connectivity index (χ3n) is 4.10. The Morgan fingerprint density at radius 3 is 2.62 bits per heavy atom. The van der Waals surface area contributed by atoms with Crippen molar-refractivity contribution in [3.63, 3.8) is 0 Å². The molecule has 5 nitrogen and oxygen atoms in total. The molecule has 4 rings (SSSR count). The summed E-state index contributed by atoms with van der Waals surface area (Å²) in [6.07, 6.45) is 3.33. The first-order valence-corrected chi connectivity index (χ1v) is 8.26. The Kier molecular flexibility index (Phi) is 4.11. The summed E-state index contributed by atoms with van der Waals surface area (Å²) in [5.41, 5.74) is 8.85. The predicted octanol–water partition coefficient (Wildman–Crippen LogP) is 3.63. The lowest BCUT2D eigenvalue weighted by Crippen LogP contribution is -2.36. The Bertz CT molecular complexity index is 969. The summed E-state index contributed by atoms with van der Waals surface area (Å²) >= 11 is 0. The maximum absolute atomic E-state index is 13.1. The van der Waals surface area contributed by atoms with E-state index in [1.807, 2.05) is 48.5 Å². The van der Waals surface area contributed by atoms with Gasteiger partial charge in [0.1, 0.15) is 0 Å². The number of carbonyl (C=O) groups excluding carboxylic acids is 1. The van der Waals surface area contributed by atoms with Gasteiger partial charge in [-0.25, -0.2) is 0 Å². The first-order chi connectivity index (χ1) is 12.7. The van der Waals surface area contributed by atoms with E-state index in [2.05, 4.69) is 4.98 Å². The van der Waals surface area contributed by atoms with Crippen molar-refractivity contribution < 1.29 is 9.53 Å². The van der Waals surface area contributed by atoms with Crippen LogP contribution in [-0.4, -0.2) is 10.9 Å². The first kappa shape index (κ1) is 15.9. The van der Waals surface area contributed by atoms with Crippen molar-refractivity contribution in [3.05, 3.63) is 89.9 Å². The van der Waals surface area contributed by atoms with Gasteiger partial charge >= 0.3 is 0 Å². The van der Waals surface area contributed by atoms with Gasteiger partial charge in [-0.05, 0) is 35.9 Å². The van der Waals surface area contributed by atoms with Crippen molar-refractivity contribution in [1.82, 2.24) is 4.98 Å². The van der Waals surface area contributed by atoms with Gasteiger partial charge < -0.3 is 10.5 Å². The summed E-state index contributed by atoms with van der Waals surface area (Å²) in [5.74, 6) is 0.603. The summed E-state index contributed by atoms with van der Waals surface area (Å²) in [6.45, 7) is 0.430. The van der Waals surface area contributed by atoms with Crippen molar-refractivity contribution in [2.24, 2.45) is 0 Å². The van der Waals surface area contributed by atoms with Gasteiger partial charge in [0.05, 0.1) is 17.9 Å². The minimum Gasteiger partial charge on any atom is -0.449 e. The zero-order valence-corrected chi connectivity index (χ0v) is 14.0. The van der Waals surface area contributed by atoms with Crippen LogP contribution in [0.3, 0.4) is 0 Å². The standard InChI is InChI=1S/C21H17N3O2/c22-16-9-10-19-18(12-16)24(14-15-6-2-1-3-7-15)21(25)20(26-19)13-17-8-4-5-11-23-17/h1-13H,14,22H2/b20-13+. The van der Waals surface area contributed by atoms with E-state index in [4.69, 9.17) is 10.5 Å². The molecule has 1 aromatic heterocycles. The van der Waals surface area contributed by atoms with Crippen LogP contribution in [0, 0.1) is 0 Å². The average molecular weight is 343 g/mol. The minimum atomic E-state index is -0.224. The van der Waals surface area contributed by atoms with E-state index in [0.717, 1.165) is 5.56 Å². The predicted molar refractivity (Wildman–Crippen MR) is 101 cm³/mol. The molecule has 0 spiro atoms. The molecule has 128 valence electrons. The van der Waals surface area contributed by atoms with Crippen LogP contribution in [-0.2, 0) is 11.3 Å². The van der Waals surface area contributed by atoms with Gasteiger partial charge in [-0.2, -0.15) is 0 Å². The van der Waals surface area contributed by atoms with E-state index in [0.29, 0.717) is 29.4 Å². The Morgan fingerprint density at radius 1 is 1.04 bits per heavy atom. The number of anilines is 2. The molecule has 0 saturated heterocycles. The number of rotatable bonds is 3. The number of carbonyl (C=O) groups is 1. The molecule has 2 N–H and O–H groups in total. The number of benzene rings is 2. The lowest BCUT2D eigenvalue weighted by atomic mass is 10.1. The zero-order chi connectivity index (χ0) is 17.9. The van der Waals surface area contributed by atoms with E-state index >= 15 is 0 Å². The number of ether oxygens (including phenoxy) is 1. The highest BCUT2D eigenvalue weighted by atomic mass is 16.5. The lowest BCUT2D eigenvalue weighted by molar-refractivity contribution is -0.117. The Labute approximate surface area is 151 Å². The number of hydrogen-bond acceptors (Lipinski definition) is 4. The maximum Gasteiger partial charge on any atom is 0.294 e. The van der Waals surface area contributed by atoms with E-state index < -0.39 is 0 Å². The topological polar surface area (TPSA) is 68.5 Å². The van der Waals surface area contributed by atoms with Crippen molar-refractivity contribution in [3.8, 4) is 5.75 Å². The Morgan fingerprint density at radius 2 is 1.85 bits per heavy atom. The fourth-order valence-corrected chi connectivity index (χ4v) is 2.85. The van der Waals surface area contributed by atoms with Crippen LogP contribution in [0.25, 0.3) is 6.08 Å². The van der Waals surface area contributed by atoms with Gasteiger partial charge in [0, 0.05) is 18.0 Å². The van der Waals surface area contributed by atoms with Gasteiger partial charge in [-0.15, -0.1) is 0 Å². The number of aromatic nitrogens is 1. The lowest BCUT2D eigenvalue weighted by Gasteiger charge is -2.30.